The van der Waals surface area contributed by atoms with Gasteiger partial charge in [-0.3, -0.25) is 14.4 Å². The van der Waals surface area contributed by atoms with Gasteiger partial charge in [-0.25, -0.2) is 12.7 Å². The fourth-order valence-corrected chi connectivity index (χ4v) is 6.05. The molecule has 2 aromatic rings. The molecule has 1 atom stereocenters. The van der Waals surface area contributed by atoms with Gasteiger partial charge >= 0.3 is 0 Å². The van der Waals surface area contributed by atoms with Gasteiger partial charge in [0.2, 0.25) is 10.0 Å². The van der Waals surface area contributed by atoms with Crippen molar-refractivity contribution in [3.05, 3.63) is 65.2 Å². The number of likely N-dealkylation sites (N-methyl/N-ethyl adjacent to an activating group) is 1. The highest BCUT2D eigenvalue weighted by Crippen LogP contribution is 2.53. The van der Waals surface area contributed by atoms with E-state index in [2.05, 4.69) is 0 Å². The van der Waals surface area contributed by atoms with Crippen molar-refractivity contribution < 1.29 is 27.9 Å². The molecule has 0 saturated carbocycles. The van der Waals surface area contributed by atoms with E-state index in [9.17, 15) is 27.9 Å². The first-order chi connectivity index (χ1) is 18.4. The Hall–Kier alpha value is -3.54. The molecular weight excluding hydrogens is 520 g/mol. The molecule has 4 rings (SSSR count). The Morgan fingerprint density at radius 3 is 2.18 bits per heavy atom. The fraction of sp³-hybridized carbons (Fsp3) is 0.393. The third kappa shape index (κ3) is 4.44. The molecule has 2 aromatic carbocycles. The predicted octanol–water partition coefficient (Wildman–Crippen LogP) is 2.22. The highest BCUT2D eigenvalue weighted by atomic mass is 32.2. The number of sulfonamides is 1. The number of anilines is 1. The Morgan fingerprint density at radius 1 is 0.949 bits per heavy atom. The van der Waals surface area contributed by atoms with Crippen molar-refractivity contribution in [2.75, 3.05) is 52.7 Å². The van der Waals surface area contributed by atoms with Crippen molar-refractivity contribution in [2.45, 2.75) is 30.2 Å². The summed E-state index contributed by atoms with van der Waals surface area (Å²) in [6, 6.07) is 12.4. The van der Waals surface area contributed by atoms with Gasteiger partial charge in [0.25, 0.3) is 17.6 Å². The summed E-state index contributed by atoms with van der Waals surface area (Å²) < 4.78 is 26.1. The second-order valence-electron chi connectivity index (χ2n) is 10.2. The highest BCUT2D eigenvalue weighted by molar-refractivity contribution is 7.89. The van der Waals surface area contributed by atoms with Crippen LogP contribution < -0.4 is 4.90 Å². The number of aliphatic hydroxyl groups excluding tert-OH is 1. The number of nitrogens with zero attached hydrogens (tertiary/aromatic N) is 4. The average molecular weight is 555 g/mol. The number of hydrogen-bond donors (Lipinski definition) is 1. The van der Waals surface area contributed by atoms with Gasteiger partial charge in [-0.15, -0.1) is 0 Å². The van der Waals surface area contributed by atoms with Crippen LogP contribution in [0.4, 0.5) is 5.69 Å². The number of fused-ring (bicyclic) bond motifs is 2. The van der Waals surface area contributed by atoms with Gasteiger partial charge in [0.15, 0.2) is 5.54 Å². The molecule has 2 heterocycles. The topological polar surface area (TPSA) is 119 Å². The molecule has 1 N–H and O–H groups in total. The zero-order valence-corrected chi connectivity index (χ0v) is 23.7. The van der Waals surface area contributed by atoms with Gasteiger partial charge in [-0.1, -0.05) is 31.5 Å². The quantitative estimate of drug-likeness (QED) is 0.287. The van der Waals surface area contributed by atoms with Crippen molar-refractivity contribution in [3.63, 3.8) is 0 Å². The zero-order valence-electron chi connectivity index (χ0n) is 22.8. The molecule has 1 unspecified atom stereocenters. The van der Waals surface area contributed by atoms with Crippen LogP contribution in [-0.2, 0) is 29.9 Å². The van der Waals surface area contributed by atoms with Crippen molar-refractivity contribution in [3.8, 4) is 0 Å². The van der Waals surface area contributed by atoms with Crippen LogP contribution in [0, 0.1) is 0 Å². The minimum Gasteiger partial charge on any atom is -0.507 e. The summed E-state index contributed by atoms with van der Waals surface area (Å²) in [7, 11) is 2.74. The SMILES string of the molecule is CCCCN1C(=O)C2(/C(=C(/O)c3ccc(S(=O)(=O)N(C)C)cc3)C(=O)C(=O)N2CCN(C)C)c2ccccc21. The predicted molar refractivity (Wildman–Crippen MR) is 148 cm³/mol. The molecule has 1 spiro atoms. The van der Waals surface area contributed by atoms with Crippen LogP contribution in [0.25, 0.3) is 5.76 Å². The molecule has 2 aliphatic rings. The van der Waals surface area contributed by atoms with Crippen molar-refractivity contribution in [1.29, 1.82) is 0 Å². The Kier molecular flexibility index (Phi) is 7.70. The van der Waals surface area contributed by atoms with E-state index in [0.29, 0.717) is 30.8 Å². The first-order valence-corrected chi connectivity index (χ1v) is 14.2. The maximum Gasteiger partial charge on any atom is 0.296 e. The van der Waals surface area contributed by atoms with Crippen molar-refractivity contribution in [2.24, 2.45) is 0 Å². The molecule has 10 nitrogen and oxygen atoms in total. The summed E-state index contributed by atoms with van der Waals surface area (Å²) in [6.45, 7) is 2.86. The standard InChI is InChI=1S/C28H34N4O6S/c1-6-7-16-31-22-11-9-8-10-21(22)28(27(31)36)23(25(34)26(35)32(28)18-17-29(2)3)24(33)19-12-14-20(15-13-19)39(37,38)30(4)5/h8-15,33H,6-7,16-18H2,1-5H3/b24-23+. The van der Waals surface area contributed by atoms with Gasteiger partial charge in [0.05, 0.1) is 16.2 Å². The monoisotopic (exact) mass is 554 g/mol. The summed E-state index contributed by atoms with van der Waals surface area (Å²) >= 11 is 0. The largest absolute Gasteiger partial charge is 0.507 e. The number of likely N-dealkylation sites (tertiary alicyclic amines) is 1. The molecule has 39 heavy (non-hydrogen) atoms. The molecule has 11 heteroatoms. The normalized spacial score (nSPS) is 20.6. The van der Waals surface area contributed by atoms with E-state index in [1.165, 1.54) is 43.3 Å². The van der Waals surface area contributed by atoms with Crippen LogP contribution in [-0.4, -0.2) is 93.1 Å². The van der Waals surface area contributed by atoms with Crippen LogP contribution in [0.3, 0.4) is 0 Å². The first-order valence-electron chi connectivity index (χ1n) is 12.8. The fourth-order valence-electron chi connectivity index (χ4n) is 5.14. The molecule has 0 aliphatic carbocycles. The lowest BCUT2D eigenvalue weighted by Crippen LogP contribution is -2.53. The smallest absolute Gasteiger partial charge is 0.296 e. The number of benzene rings is 2. The Balaban J connectivity index is 1.97. The van der Waals surface area contributed by atoms with Crippen molar-refractivity contribution in [1.82, 2.24) is 14.1 Å². The Morgan fingerprint density at radius 2 is 1.59 bits per heavy atom. The van der Waals surface area contributed by atoms with Gasteiger partial charge in [0.1, 0.15) is 5.76 Å². The van der Waals surface area contributed by atoms with Crippen molar-refractivity contribution >= 4 is 39.1 Å². The van der Waals surface area contributed by atoms with Crippen LogP contribution >= 0.6 is 0 Å². The van der Waals surface area contributed by atoms with Gasteiger partial charge in [-0.2, -0.15) is 0 Å². The molecule has 0 bridgehead atoms. The lowest BCUT2D eigenvalue weighted by atomic mass is 9.82. The van der Waals surface area contributed by atoms with E-state index in [4.69, 9.17) is 0 Å². The molecule has 2 amide bonds. The number of aliphatic hydroxyl groups is 1. The highest BCUT2D eigenvalue weighted by Gasteiger charge is 2.66. The Labute approximate surface area is 229 Å². The van der Waals surface area contributed by atoms with Crippen LogP contribution in [0.2, 0.25) is 0 Å². The number of carbonyl (C=O) groups is 3. The molecule has 2 aliphatic heterocycles. The third-order valence-electron chi connectivity index (χ3n) is 7.22. The second-order valence-corrected chi connectivity index (χ2v) is 12.3. The lowest BCUT2D eigenvalue weighted by molar-refractivity contribution is -0.143. The number of rotatable bonds is 9. The molecule has 0 aromatic heterocycles. The zero-order chi connectivity index (χ0) is 28.7. The second kappa shape index (κ2) is 10.6. The summed E-state index contributed by atoms with van der Waals surface area (Å²) in [5.41, 5.74) is -0.989. The maximum absolute atomic E-state index is 14.4. The summed E-state index contributed by atoms with van der Waals surface area (Å²) in [5.74, 6) is -2.83. The number of Topliss-reactive ketones (excluding diaryl/α,β-unsaturated/α-hetero) is 1. The number of amides is 2. The average Bonchev–Trinajstić information content (AvgIpc) is 3.28. The van der Waals surface area contributed by atoms with Gasteiger partial charge < -0.3 is 19.8 Å². The number of hydrogen-bond acceptors (Lipinski definition) is 7. The molecule has 208 valence electrons. The number of carbonyl (C=O) groups excluding carboxylic acids is 3. The van der Waals surface area contributed by atoms with E-state index >= 15 is 0 Å². The van der Waals surface area contributed by atoms with E-state index in [1.54, 1.807) is 29.2 Å². The first kappa shape index (κ1) is 28.5. The van der Waals surface area contributed by atoms with Crippen LogP contribution in [0.15, 0.2) is 59.0 Å². The molecule has 0 radical (unpaired) electrons. The summed E-state index contributed by atoms with van der Waals surface area (Å²) in [6.07, 6.45) is 1.54. The molecule has 1 fully saturated rings. The minimum atomic E-state index is -3.73. The third-order valence-corrected chi connectivity index (χ3v) is 9.05. The Bertz CT molecular complexity index is 1450. The van der Waals surface area contributed by atoms with Crippen LogP contribution in [0.1, 0.15) is 30.9 Å². The van der Waals surface area contributed by atoms with Gasteiger partial charge in [-0.05, 0) is 50.8 Å². The van der Waals surface area contributed by atoms with E-state index in [-0.39, 0.29) is 22.6 Å². The summed E-state index contributed by atoms with van der Waals surface area (Å²) in [5, 5.41) is 11.6. The lowest BCUT2D eigenvalue weighted by Gasteiger charge is -2.35. The number of ketones is 1. The molecular formula is C28H34N4O6S. The van der Waals surface area contributed by atoms with E-state index in [1.807, 2.05) is 25.9 Å². The minimum absolute atomic E-state index is 0.00164. The summed E-state index contributed by atoms with van der Waals surface area (Å²) in [4.78, 5) is 46.2. The van der Waals surface area contributed by atoms with Crippen LogP contribution in [0.5, 0.6) is 0 Å². The van der Waals surface area contributed by atoms with E-state index < -0.39 is 38.9 Å². The maximum atomic E-state index is 14.4. The number of unbranched alkanes of at least 4 members (excludes halogenated alkanes) is 1. The van der Waals surface area contributed by atoms with E-state index in [0.717, 1.165) is 10.7 Å². The molecule has 1 saturated heterocycles. The number of para-hydroxylation sites is 1. The van der Waals surface area contributed by atoms with Gasteiger partial charge in [0, 0.05) is 44.9 Å².